The Bertz CT molecular complexity index is 302. The fourth-order valence-electron chi connectivity index (χ4n) is 0.744. The minimum atomic E-state index is 1.02. The van der Waals surface area contributed by atoms with E-state index in [1.807, 2.05) is 34.6 Å². The van der Waals surface area contributed by atoms with Crippen molar-refractivity contribution in [3.63, 3.8) is 0 Å². The first-order valence-electron chi connectivity index (χ1n) is 6.91. The van der Waals surface area contributed by atoms with Crippen molar-refractivity contribution in [2.45, 2.75) is 48.0 Å². The van der Waals surface area contributed by atoms with Gasteiger partial charge in [0.2, 0.25) is 0 Å². The van der Waals surface area contributed by atoms with Crippen molar-refractivity contribution >= 4 is 0 Å². The zero-order chi connectivity index (χ0) is 17.0. The Labute approximate surface area is 126 Å². The zero-order valence-electron chi connectivity index (χ0n) is 14.6. The highest BCUT2D eigenvalue weighted by atomic mass is 14.9. The first-order valence-corrected chi connectivity index (χ1v) is 6.91. The molecular weight excluding hydrogens is 246 g/mol. The predicted molar refractivity (Wildman–Crippen MR) is 95.0 cm³/mol. The summed E-state index contributed by atoms with van der Waals surface area (Å²) in [5, 5.41) is 0. The molecule has 1 heterocycles. The van der Waals surface area contributed by atoms with Gasteiger partial charge >= 0.3 is 0 Å². The number of nitrogens with zero attached hydrogens (tertiary/aromatic N) is 1. The molecule has 3 N–H and O–H groups in total. The molecule has 0 amide bonds. The monoisotopic (exact) mass is 281 g/mol. The van der Waals surface area contributed by atoms with Gasteiger partial charge in [0.1, 0.15) is 0 Å². The molecular formula is C17H35N3. The maximum Gasteiger partial charge on any atom is 0.0925 e. The summed E-state index contributed by atoms with van der Waals surface area (Å²) in [7, 11) is 1.50. The normalized spacial score (nSPS) is 6.80. The van der Waals surface area contributed by atoms with Crippen molar-refractivity contribution in [3.05, 3.63) is 55.2 Å². The molecule has 0 spiro atoms. The number of H-pyrrole nitrogens is 1. The summed E-state index contributed by atoms with van der Waals surface area (Å²) in [5.74, 6) is 0. The second-order valence-corrected chi connectivity index (χ2v) is 3.51. The topological polar surface area (TPSA) is 54.7 Å². The fourth-order valence-corrected chi connectivity index (χ4v) is 0.744. The van der Waals surface area contributed by atoms with E-state index in [1.54, 1.807) is 18.5 Å². The Kier molecular flexibility index (Phi) is 35.0. The molecule has 0 bridgehead atoms. The first kappa shape index (κ1) is 26.9. The van der Waals surface area contributed by atoms with Gasteiger partial charge in [-0.2, -0.15) is 0 Å². The highest BCUT2D eigenvalue weighted by Crippen LogP contribution is 1.98. The van der Waals surface area contributed by atoms with Crippen molar-refractivity contribution in [3.8, 4) is 0 Å². The summed E-state index contributed by atoms with van der Waals surface area (Å²) in [6.45, 7) is 22.4. The lowest BCUT2D eigenvalue weighted by atomic mass is 10.3. The van der Waals surface area contributed by atoms with Crippen molar-refractivity contribution in [1.29, 1.82) is 0 Å². The third kappa shape index (κ3) is 29.9. The minimum absolute atomic E-state index is 1.02. The third-order valence-corrected chi connectivity index (χ3v) is 1.44. The zero-order valence-corrected chi connectivity index (χ0v) is 14.6. The smallest absolute Gasteiger partial charge is 0.0925 e. The van der Waals surface area contributed by atoms with E-state index in [2.05, 4.69) is 42.4 Å². The average molecular weight is 281 g/mol. The molecule has 3 nitrogen and oxygen atoms in total. The number of hydrogen-bond donors (Lipinski definition) is 2. The second-order valence-electron chi connectivity index (χ2n) is 3.51. The van der Waals surface area contributed by atoms with Crippen molar-refractivity contribution in [1.82, 2.24) is 9.97 Å². The Morgan fingerprint density at radius 3 is 1.70 bits per heavy atom. The molecule has 0 unspecified atom stereocenters. The fraction of sp³-hybridized carbons (Fsp3) is 0.471. The van der Waals surface area contributed by atoms with Gasteiger partial charge in [0.25, 0.3) is 0 Å². The quantitative estimate of drug-likeness (QED) is 0.603. The number of aromatic nitrogens is 2. The van der Waals surface area contributed by atoms with E-state index in [0.29, 0.717) is 0 Å². The number of hydrogen-bond acceptors (Lipinski definition) is 2. The standard InChI is InChI=1S/C6H10N2.C4H8.C4H6.C2H6.CH5N/c1-3-6-5(2)7-4-8-6;1-4(2)3;1-3-4-2;2*1-2/h4H,3H2,1-2H3,(H,7,8);1H2,2-3H3;3-4H,1-2H2;1-2H3;2H2,1H3. The van der Waals surface area contributed by atoms with Gasteiger partial charge in [0, 0.05) is 5.69 Å². The summed E-state index contributed by atoms with van der Waals surface area (Å²) in [6, 6.07) is 0. The highest BCUT2D eigenvalue weighted by molar-refractivity contribution is 5.07. The van der Waals surface area contributed by atoms with E-state index in [-0.39, 0.29) is 0 Å². The molecule has 118 valence electrons. The summed E-state index contributed by atoms with van der Waals surface area (Å²) < 4.78 is 0. The number of nitrogens with one attached hydrogen (secondary N) is 1. The predicted octanol–water partition coefficient (Wildman–Crippen LogP) is 4.82. The van der Waals surface area contributed by atoms with Crippen LogP contribution < -0.4 is 5.73 Å². The lowest BCUT2D eigenvalue weighted by molar-refractivity contribution is 1.04. The van der Waals surface area contributed by atoms with Gasteiger partial charge in [-0.15, -0.1) is 6.58 Å². The Hall–Kier alpha value is -1.61. The maximum atomic E-state index is 4.50. The highest BCUT2D eigenvalue weighted by Gasteiger charge is 1.93. The van der Waals surface area contributed by atoms with Crippen LogP contribution in [0.1, 0.15) is 46.0 Å². The van der Waals surface area contributed by atoms with Crippen LogP contribution in [0.15, 0.2) is 43.8 Å². The lowest BCUT2D eigenvalue weighted by Gasteiger charge is -1.86. The van der Waals surface area contributed by atoms with Gasteiger partial charge in [0.05, 0.1) is 12.0 Å². The SMILES string of the molecule is C=C(C)C.C=CC=C.CC.CCc1nc[nH]c1C.CN. The van der Waals surface area contributed by atoms with Gasteiger partial charge in [-0.25, -0.2) is 4.98 Å². The van der Waals surface area contributed by atoms with Gasteiger partial charge < -0.3 is 10.7 Å². The molecule has 0 fully saturated rings. The summed E-state index contributed by atoms with van der Waals surface area (Å²) in [5.41, 5.74) is 8.03. The van der Waals surface area contributed by atoms with Crippen LogP contribution in [0.2, 0.25) is 0 Å². The number of aromatic amines is 1. The van der Waals surface area contributed by atoms with E-state index < -0.39 is 0 Å². The molecule has 0 aromatic carbocycles. The molecule has 3 heteroatoms. The summed E-state index contributed by atoms with van der Waals surface area (Å²) in [6.07, 6.45) is 6.03. The summed E-state index contributed by atoms with van der Waals surface area (Å²) >= 11 is 0. The van der Waals surface area contributed by atoms with E-state index in [9.17, 15) is 0 Å². The molecule has 0 aliphatic rings. The van der Waals surface area contributed by atoms with Crippen LogP contribution in [0.25, 0.3) is 0 Å². The van der Waals surface area contributed by atoms with Crippen LogP contribution in [-0.4, -0.2) is 17.0 Å². The number of nitrogens with two attached hydrogens (primary N) is 1. The average Bonchev–Trinajstić information content (AvgIpc) is 2.88. The molecule has 1 rings (SSSR count). The Balaban J connectivity index is -0.0000000922. The van der Waals surface area contributed by atoms with Gasteiger partial charge in [0.15, 0.2) is 0 Å². The molecule has 1 aromatic rings. The first-order chi connectivity index (χ1) is 9.49. The molecule has 0 aliphatic carbocycles. The molecule has 0 atom stereocenters. The van der Waals surface area contributed by atoms with Crippen LogP contribution >= 0.6 is 0 Å². The van der Waals surface area contributed by atoms with Gasteiger partial charge in [-0.3, -0.25) is 0 Å². The van der Waals surface area contributed by atoms with Gasteiger partial charge in [-0.1, -0.05) is 51.7 Å². The molecule has 1 aromatic heterocycles. The minimum Gasteiger partial charge on any atom is -0.348 e. The molecule has 0 aliphatic heterocycles. The van der Waals surface area contributed by atoms with E-state index >= 15 is 0 Å². The molecule has 0 radical (unpaired) electrons. The third-order valence-electron chi connectivity index (χ3n) is 1.44. The van der Waals surface area contributed by atoms with E-state index in [1.165, 1.54) is 24.0 Å². The Morgan fingerprint density at radius 2 is 1.60 bits per heavy atom. The van der Waals surface area contributed by atoms with E-state index in [4.69, 9.17) is 0 Å². The lowest BCUT2D eigenvalue weighted by Crippen LogP contribution is -1.81. The second kappa shape index (κ2) is 26.1. The molecule has 0 saturated heterocycles. The van der Waals surface area contributed by atoms with Crippen molar-refractivity contribution in [2.75, 3.05) is 7.05 Å². The summed E-state index contributed by atoms with van der Waals surface area (Å²) in [4.78, 5) is 7.09. The van der Waals surface area contributed by atoms with Crippen LogP contribution in [0.4, 0.5) is 0 Å². The molecule has 20 heavy (non-hydrogen) atoms. The number of allylic oxidation sites excluding steroid dienone is 3. The van der Waals surface area contributed by atoms with Gasteiger partial charge in [-0.05, 0) is 34.2 Å². The van der Waals surface area contributed by atoms with E-state index in [0.717, 1.165) is 6.42 Å². The maximum absolute atomic E-state index is 4.50. The van der Waals surface area contributed by atoms with Crippen LogP contribution in [0.5, 0.6) is 0 Å². The van der Waals surface area contributed by atoms with Crippen molar-refractivity contribution < 1.29 is 0 Å². The van der Waals surface area contributed by atoms with Crippen LogP contribution in [0.3, 0.4) is 0 Å². The number of rotatable bonds is 2. The number of aryl methyl sites for hydroxylation is 2. The van der Waals surface area contributed by atoms with Crippen molar-refractivity contribution in [2.24, 2.45) is 5.73 Å². The largest absolute Gasteiger partial charge is 0.348 e. The molecule has 0 saturated carbocycles. The van der Waals surface area contributed by atoms with Crippen LogP contribution in [-0.2, 0) is 6.42 Å². The van der Waals surface area contributed by atoms with Crippen LogP contribution in [0, 0.1) is 6.92 Å². The number of imidazole rings is 1. The Morgan fingerprint density at radius 1 is 1.25 bits per heavy atom.